The fourth-order valence-corrected chi connectivity index (χ4v) is 6.70. The molecule has 2 heteroatoms. The summed E-state index contributed by atoms with van der Waals surface area (Å²) in [6.07, 6.45) is 11.5. The van der Waals surface area contributed by atoms with E-state index in [4.69, 9.17) is 9.73 Å². The second kappa shape index (κ2) is 5.42. The van der Waals surface area contributed by atoms with Crippen LogP contribution in [-0.4, -0.2) is 16.9 Å². The summed E-state index contributed by atoms with van der Waals surface area (Å²) in [6, 6.07) is 0. The van der Waals surface area contributed by atoms with Crippen LogP contribution in [0.15, 0.2) is 41.6 Å². The van der Waals surface area contributed by atoms with Gasteiger partial charge in [-0.15, -0.1) is 0 Å². The number of allylic oxidation sites excluding steroid dienone is 2. The van der Waals surface area contributed by atoms with Crippen molar-refractivity contribution < 1.29 is 4.74 Å². The largest absolute Gasteiger partial charge is 0.367 e. The molecular formula is C22H31NO. The number of hydrogen-bond acceptors (Lipinski definition) is 2. The highest BCUT2D eigenvalue weighted by Gasteiger charge is 2.70. The van der Waals surface area contributed by atoms with Gasteiger partial charge >= 0.3 is 0 Å². The first-order valence-corrected chi connectivity index (χ1v) is 9.63. The molecule has 0 aromatic heterocycles. The van der Waals surface area contributed by atoms with Gasteiger partial charge in [-0.3, -0.25) is 4.99 Å². The standard InChI is InChI=1S/C22H31NO/c1-6-9-19(23-14(2)3)18-12-16-17-10-7-8-11-22(17)13-15(4)20(16)21(18,5)24-22/h6,9,16-18,20H,1,4,7-8,10-13H2,2-3,5H3/b19-9-/t16-,17?,18?,20?,21?,22?/m1/s1. The monoisotopic (exact) mass is 325 g/mol. The first-order valence-electron chi connectivity index (χ1n) is 9.63. The number of nitrogens with zero attached hydrogens (tertiary/aromatic N) is 1. The molecule has 0 N–H and O–H groups in total. The summed E-state index contributed by atoms with van der Waals surface area (Å²) in [7, 11) is 0. The van der Waals surface area contributed by atoms with Crippen molar-refractivity contribution in [2.45, 2.75) is 70.5 Å². The van der Waals surface area contributed by atoms with E-state index in [2.05, 4.69) is 40.0 Å². The predicted octanol–water partition coefficient (Wildman–Crippen LogP) is 5.47. The smallest absolute Gasteiger partial charge is 0.0813 e. The van der Waals surface area contributed by atoms with Gasteiger partial charge in [0.15, 0.2) is 0 Å². The number of ether oxygens (including phenoxy) is 1. The van der Waals surface area contributed by atoms with Gasteiger partial charge < -0.3 is 4.74 Å². The summed E-state index contributed by atoms with van der Waals surface area (Å²) < 4.78 is 7.04. The van der Waals surface area contributed by atoms with Gasteiger partial charge in [0, 0.05) is 23.2 Å². The van der Waals surface area contributed by atoms with Crippen LogP contribution >= 0.6 is 0 Å². The van der Waals surface area contributed by atoms with Crippen LogP contribution in [0.4, 0.5) is 0 Å². The van der Waals surface area contributed by atoms with E-state index in [1.165, 1.54) is 37.7 Å². The fraction of sp³-hybridized carbons (Fsp3) is 0.682. The highest BCUT2D eigenvalue weighted by Crippen LogP contribution is 2.70. The Morgan fingerprint density at radius 1 is 1.33 bits per heavy atom. The summed E-state index contributed by atoms with van der Waals surface area (Å²) in [5, 5.41) is 0. The summed E-state index contributed by atoms with van der Waals surface area (Å²) in [4.78, 5) is 4.87. The Balaban J connectivity index is 1.79. The zero-order valence-corrected chi connectivity index (χ0v) is 15.5. The topological polar surface area (TPSA) is 21.6 Å². The number of rotatable bonds is 3. The van der Waals surface area contributed by atoms with Crippen LogP contribution in [0.1, 0.15) is 59.3 Å². The molecule has 5 unspecified atom stereocenters. The maximum Gasteiger partial charge on any atom is 0.0813 e. The third-order valence-electron chi connectivity index (χ3n) is 7.19. The summed E-state index contributed by atoms with van der Waals surface area (Å²) in [6.45, 7) is 14.9. The van der Waals surface area contributed by atoms with Gasteiger partial charge in [0.25, 0.3) is 0 Å². The molecule has 2 nitrogen and oxygen atoms in total. The normalized spacial score (nSPS) is 46.6. The lowest BCUT2D eigenvalue weighted by Crippen LogP contribution is -2.64. The van der Waals surface area contributed by atoms with Gasteiger partial charge in [-0.2, -0.15) is 0 Å². The highest BCUT2D eigenvalue weighted by atomic mass is 16.5. The Labute approximate surface area is 146 Å². The van der Waals surface area contributed by atoms with Crippen molar-refractivity contribution in [2.24, 2.45) is 28.7 Å². The van der Waals surface area contributed by atoms with Crippen LogP contribution in [-0.2, 0) is 4.74 Å². The van der Waals surface area contributed by atoms with E-state index in [9.17, 15) is 0 Å². The van der Waals surface area contributed by atoms with Crippen LogP contribution in [0.2, 0.25) is 0 Å². The summed E-state index contributed by atoms with van der Waals surface area (Å²) in [5.74, 6) is 2.33. The van der Waals surface area contributed by atoms with Crippen LogP contribution in [0.25, 0.3) is 0 Å². The second-order valence-electron chi connectivity index (χ2n) is 8.85. The van der Waals surface area contributed by atoms with Crippen LogP contribution in [0.3, 0.4) is 0 Å². The predicted molar refractivity (Wildman–Crippen MR) is 100 cm³/mol. The molecule has 0 aromatic carbocycles. The molecule has 4 bridgehead atoms. The quantitative estimate of drug-likeness (QED) is 0.383. The van der Waals surface area contributed by atoms with Crippen molar-refractivity contribution in [1.82, 2.24) is 0 Å². The molecule has 24 heavy (non-hydrogen) atoms. The van der Waals surface area contributed by atoms with Crippen molar-refractivity contribution >= 4 is 5.71 Å². The van der Waals surface area contributed by atoms with Gasteiger partial charge in [-0.05, 0) is 64.4 Å². The van der Waals surface area contributed by atoms with E-state index in [1.54, 1.807) is 0 Å². The van der Waals surface area contributed by atoms with E-state index in [-0.39, 0.29) is 11.2 Å². The molecule has 3 saturated carbocycles. The first-order chi connectivity index (χ1) is 11.4. The minimum Gasteiger partial charge on any atom is -0.367 e. The van der Waals surface area contributed by atoms with Gasteiger partial charge in [-0.1, -0.05) is 37.6 Å². The molecule has 5 rings (SSSR count). The van der Waals surface area contributed by atoms with Crippen molar-refractivity contribution in [3.63, 3.8) is 0 Å². The van der Waals surface area contributed by atoms with Crippen molar-refractivity contribution in [1.29, 1.82) is 0 Å². The molecule has 0 radical (unpaired) electrons. The van der Waals surface area contributed by atoms with Gasteiger partial charge in [-0.25, -0.2) is 0 Å². The lowest BCUT2D eigenvalue weighted by Gasteiger charge is -2.62. The average molecular weight is 325 g/mol. The number of fused-ring (bicyclic) bond motifs is 1. The average Bonchev–Trinajstić information content (AvgIpc) is 2.75. The zero-order chi connectivity index (χ0) is 17.1. The summed E-state index contributed by atoms with van der Waals surface area (Å²) in [5.41, 5.74) is 3.64. The molecule has 1 spiro atoms. The molecule has 2 saturated heterocycles. The number of aliphatic imine (C=N–C) groups is 1. The maximum absolute atomic E-state index is 7.04. The van der Waals surface area contributed by atoms with E-state index < -0.39 is 0 Å². The van der Waals surface area contributed by atoms with Crippen molar-refractivity contribution in [3.8, 4) is 0 Å². The minimum absolute atomic E-state index is 0.0719. The van der Waals surface area contributed by atoms with E-state index >= 15 is 0 Å². The van der Waals surface area contributed by atoms with Crippen molar-refractivity contribution in [2.75, 3.05) is 0 Å². The minimum atomic E-state index is -0.137. The molecule has 130 valence electrons. The summed E-state index contributed by atoms with van der Waals surface area (Å²) >= 11 is 0. The van der Waals surface area contributed by atoms with Crippen LogP contribution < -0.4 is 0 Å². The lowest BCUT2D eigenvalue weighted by molar-refractivity contribution is -0.267. The molecule has 2 aliphatic heterocycles. The van der Waals surface area contributed by atoms with Gasteiger partial charge in [0.2, 0.25) is 0 Å². The van der Waals surface area contributed by atoms with Crippen LogP contribution in [0.5, 0.6) is 0 Å². The molecule has 2 heterocycles. The third kappa shape index (κ3) is 2.08. The second-order valence-corrected chi connectivity index (χ2v) is 8.85. The lowest BCUT2D eigenvalue weighted by atomic mass is 9.54. The number of hydrogen-bond donors (Lipinski definition) is 0. The Morgan fingerprint density at radius 3 is 2.83 bits per heavy atom. The Hall–Kier alpha value is -1.15. The Kier molecular flexibility index (Phi) is 3.69. The Bertz CT molecular complexity index is 640. The van der Waals surface area contributed by atoms with E-state index in [0.717, 1.165) is 29.7 Å². The molecule has 3 aliphatic carbocycles. The molecule has 0 amide bonds. The van der Waals surface area contributed by atoms with Gasteiger partial charge in [0.1, 0.15) is 0 Å². The molecule has 6 atom stereocenters. The third-order valence-corrected chi connectivity index (χ3v) is 7.19. The van der Waals surface area contributed by atoms with Crippen molar-refractivity contribution in [3.05, 3.63) is 36.6 Å². The SMILES string of the molecule is C=C/C=C(\N=C(C)C)C1C[C@@H]2C3CCCCC34CC(=C)C2C1(C)O4. The first kappa shape index (κ1) is 16.3. The van der Waals surface area contributed by atoms with Crippen LogP contribution in [0, 0.1) is 23.7 Å². The maximum atomic E-state index is 7.04. The molecule has 5 fully saturated rings. The fourth-order valence-electron chi connectivity index (χ4n) is 6.70. The van der Waals surface area contributed by atoms with E-state index in [0.29, 0.717) is 11.8 Å². The van der Waals surface area contributed by atoms with E-state index in [1.807, 2.05) is 6.08 Å². The molecule has 5 aliphatic rings. The molecular weight excluding hydrogens is 294 g/mol. The van der Waals surface area contributed by atoms with Gasteiger partial charge in [0.05, 0.1) is 11.2 Å². The molecule has 0 aromatic rings. The Morgan fingerprint density at radius 2 is 2.12 bits per heavy atom. The highest BCUT2D eigenvalue weighted by molar-refractivity contribution is 5.80. The zero-order valence-electron chi connectivity index (χ0n) is 15.5.